The van der Waals surface area contributed by atoms with Crippen LogP contribution in [-0.4, -0.2) is 5.84 Å². The predicted molar refractivity (Wildman–Crippen MR) is 53.4 cm³/mol. The number of benzene rings is 1. The highest BCUT2D eigenvalue weighted by Crippen LogP contribution is 2.04. The van der Waals surface area contributed by atoms with Crippen molar-refractivity contribution in [3.05, 3.63) is 43.1 Å². The van der Waals surface area contributed by atoms with Gasteiger partial charge in [0.05, 0.1) is 0 Å². The second-order valence-electron chi connectivity index (χ2n) is 2.39. The van der Waals surface area contributed by atoms with Crippen molar-refractivity contribution >= 4 is 11.5 Å². The molecule has 0 radical (unpaired) electrons. The average molecular weight is 160 g/mol. The van der Waals surface area contributed by atoms with Gasteiger partial charge in [0.25, 0.3) is 0 Å². The van der Waals surface area contributed by atoms with E-state index in [4.69, 9.17) is 0 Å². The van der Waals surface area contributed by atoms with E-state index >= 15 is 0 Å². The molecule has 1 N–H and O–H groups in total. The van der Waals surface area contributed by atoms with Crippen molar-refractivity contribution in [1.82, 2.24) is 0 Å². The van der Waals surface area contributed by atoms with Crippen LogP contribution in [0.1, 0.15) is 6.92 Å². The minimum Gasteiger partial charge on any atom is -0.344 e. The predicted octanol–water partition coefficient (Wildman–Crippen LogP) is 2.66. The summed E-state index contributed by atoms with van der Waals surface area (Å²) in [4.78, 5) is 3.99. The second kappa shape index (κ2) is 4.34. The Morgan fingerprint density at radius 3 is 2.67 bits per heavy atom. The molecule has 0 aliphatic heterocycles. The lowest BCUT2D eigenvalue weighted by Crippen LogP contribution is -2.05. The molecule has 12 heavy (non-hydrogen) atoms. The summed E-state index contributed by atoms with van der Waals surface area (Å²) in [5.74, 6) is 0.844. The van der Waals surface area contributed by atoms with Crippen molar-refractivity contribution in [2.24, 2.45) is 4.99 Å². The third-order valence-electron chi connectivity index (χ3n) is 1.38. The monoisotopic (exact) mass is 160 g/mol. The molecule has 0 aliphatic carbocycles. The van der Waals surface area contributed by atoms with Crippen LogP contribution in [0.15, 0.2) is 48.1 Å². The molecule has 0 spiro atoms. The summed E-state index contributed by atoms with van der Waals surface area (Å²) in [6, 6.07) is 9.91. The first-order chi connectivity index (χ1) is 5.83. The number of nitrogens with one attached hydrogen (secondary N) is 1. The second-order valence-corrected chi connectivity index (χ2v) is 2.39. The number of para-hydroxylation sites is 1. The van der Waals surface area contributed by atoms with Crippen LogP contribution in [0, 0.1) is 0 Å². The van der Waals surface area contributed by atoms with Gasteiger partial charge >= 0.3 is 0 Å². The van der Waals surface area contributed by atoms with Gasteiger partial charge in [-0.3, -0.25) is 0 Å². The maximum atomic E-state index is 3.99. The van der Waals surface area contributed by atoms with Gasteiger partial charge in [0.1, 0.15) is 5.84 Å². The van der Waals surface area contributed by atoms with Crippen LogP contribution in [0.5, 0.6) is 0 Å². The van der Waals surface area contributed by atoms with Crippen molar-refractivity contribution < 1.29 is 0 Å². The normalized spacial score (nSPS) is 10.9. The number of hydrogen-bond donors (Lipinski definition) is 1. The zero-order chi connectivity index (χ0) is 8.81. The summed E-state index contributed by atoms with van der Waals surface area (Å²) in [6.07, 6.45) is 1.52. The zero-order valence-corrected chi connectivity index (χ0v) is 7.12. The standard InChI is InChI=1S/C10H12N2/c1-3-11-9(2)12-10-7-5-4-6-8-10/h3-8H,1H2,2H3,(H,11,12). The molecule has 0 atom stereocenters. The SMILES string of the molecule is C=C/N=C(/C)Nc1ccccc1. The Kier molecular flexibility index (Phi) is 3.08. The smallest absolute Gasteiger partial charge is 0.103 e. The minimum atomic E-state index is 0.844. The van der Waals surface area contributed by atoms with Gasteiger partial charge in [0.2, 0.25) is 0 Å². The Morgan fingerprint density at radius 2 is 2.08 bits per heavy atom. The van der Waals surface area contributed by atoms with Crippen LogP contribution < -0.4 is 5.32 Å². The van der Waals surface area contributed by atoms with Gasteiger partial charge in [0, 0.05) is 11.9 Å². The highest BCUT2D eigenvalue weighted by molar-refractivity contribution is 5.93. The minimum absolute atomic E-state index is 0.844. The maximum absolute atomic E-state index is 3.99. The quantitative estimate of drug-likeness (QED) is 0.522. The van der Waals surface area contributed by atoms with E-state index in [-0.39, 0.29) is 0 Å². The number of rotatable bonds is 2. The van der Waals surface area contributed by atoms with Crippen LogP contribution in [0.25, 0.3) is 0 Å². The maximum Gasteiger partial charge on any atom is 0.103 e. The molecule has 0 bridgehead atoms. The third-order valence-corrected chi connectivity index (χ3v) is 1.38. The van der Waals surface area contributed by atoms with Gasteiger partial charge in [-0.05, 0) is 19.1 Å². The molecule has 62 valence electrons. The van der Waals surface area contributed by atoms with Crippen LogP contribution >= 0.6 is 0 Å². The van der Waals surface area contributed by atoms with Gasteiger partial charge < -0.3 is 5.32 Å². The fourth-order valence-electron chi connectivity index (χ4n) is 0.900. The molecule has 0 saturated carbocycles. The molecule has 1 rings (SSSR count). The number of nitrogens with zero attached hydrogens (tertiary/aromatic N) is 1. The van der Waals surface area contributed by atoms with E-state index in [1.54, 1.807) is 0 Å². The number of hydrogen-bond acceptors (Lipinski definition) is 1. The molecular weight excluding hydrogens is 148 g/mol. The molecule has 0 saturated heterocycles. The zero-order valence-electron chi connectivity index (χ0n) is 7.12. The Hall–Kier alpha value is -1.57. The molecule has 1 aromatic rings. The number of amidine groups is 1. The largest absolute Gasteiger partial charge is 0.344 e. The molecular formula is C10H12N2. The first-order valence-corrected chi connectivity index (χ1v) is 3.80. The van der Waals surface area contributed by atoms with Gasteiger partial charge in [-0.2, -0.15) is 0 Å². The fraction of sp³-hybridized carbons (Fsp3) is 0.100. The fourth-order valence-corrected chi connectivity index (χ4v) is 0.900. The third kappa shape index (κ3) is 2.58. The molecule has 0 unspecified atom stereocenters. The molecule has 0 heterocycles. The lowest BCUT2D eigenvalue weighted by molar-refractivity contribution is 1.49. The van der Waals surface area contributed by atoms with Crippen molar-refractivity contribution in [1.29, 1.82) is 0 Å². The van der Waals surface area contributed by atoms with Crippen LogP contribution in [0.4, 0.5) is 5.69 Å². The van der Waals surface area contributed by atoms with Crippen LogP contribution in [0.3, 0.4) is 0 Å². The van der Waals surface area contributed by atoms with Crippen molar-refractivity contribution in [3.63, 3.8) is 0 Å². The summed E-state index contributed by atoms with van der Waals surface area (Å²) in [5.41, 5.74) is 1.04. The van der Waals surface area contributed by atoms with Gasteiger partial charge in [-0.1, -0.05) is 24.8 Å². The molecule has 0 fully saturated rings. The summed E-state index contributed by atoms with van der Waals surface area (Å²) in [7, 11) is 0. The van der Waals surface area contributed by atoms with Gasteiger partial charge in [-0.15, -0.1) is 0 Å². The molecule has 1 aromatic carbocycles. The Morgan fingerprint density at radius 1 is 1.42 bits per heavy atom. The molecule has 2 heteroatoms. The average Bonchev–Trinajstić information content (AvgIpc) is 2.06. The molecule has 0 aliphatic rings. The Labute approximate surface area is 72.6 Å². The lowest BCUT2D eigenvalue weighted by Gasteiger charge is -2.02. The van der Waals surface area contributed by atoms with E-state index in [9.17, 15) is 0 Å². The molecule has 0 aromatic heterocycles. The van der Waals surface area contributed by atoms with Crippen molar-refractivity contribution in [2.75, 3.05) is 5.32 Å². The highest BCUT2D eigenvalue weighted by Gasteiger charge is 1.89. The van der Waals surface area contributed by atoms with Crippen LogP contribution in [-0.2, 0) is 0 Å². The summed E-state index contributed by atoms with van der Waals surface area (Å²) in [5, 5.41) is 3.12. The van der Waals surface area contributed by atoms with E-state index in [0.717, 1.165) is 11.5 Å². The van der Waals surface area contributed by atoms with Gasteiger partial charge in [0.15, 0.2) is 0 Å². The van der Waals surface area contributed by atoms with E-state index in [1.165, 1.54) is 6.20 Å². The van der Waals surface area contributed by atoms with Gasteiger partial charge in [-0.25, -0.2) is 4.99 Å². The highest BCUT2D eigenvalue weighted by atomic mass is 15.0. The number of aliphatic imine (C=N–C) groups is 1. The van der Waals surface area contributed by atoms with E-state index in [0.29, 0.717) is 0 Å². The molecule has 2 nitrogen and oxygen atoms in total. The Balaban J connectivity index is 2.64. The van der Waals surface area contributed by atoms with Crippen molar-refractivity contribution in [3.8, 4) is 0 Å². The van der Waals surface area contributed by atoms with E-state index in [2.05, 4.69) is 16.9 Å². The van der Waals surface area contributed by atoms with Crippen molar-refractivity contribution in [2.45, 2.75) is 6.92 Å². The number of anilines is 1. The summed E-state index contributed by atoms with van der Waals surface area (Å²) in [6.45, 7) is 5.41. The summed E-state index contributed by atoms with van der Waals surface area (Å²) < 4.78 is 0. The lowest BCUT2D eigenvalue weighted by atomic mass is 10.3. The summed E-state index contributed by atoms with van der Waals surface area (Å²) >= 11 is 0. The van der Waals surface area contributed by atoms with E-state index in [1.807, 2.05) is 37.3 Å². The first-order valence-electron chi connectivity index (χ1n) is 3.80. The molecule has 0 amide bonds. The first kappa shape index (κ1) is 8.53. The Bertz CT molecular complexity index is 275. The van der Waals surface area contributed by atoms with Crippen LogP contribution in [0.2, 0.25) is 0 Å². The van der Waals surface area contributed by atoms with E-state index < -0.39 is 0 Å². The topological polar surface area (TPSA) is 24.4 Å².